The van der Waals surface area contributed by atoms with Gasteiger partial charge in [-0.05, 0) is 13.0 Å². The summed E-state index contributed by atoms with van der Waals surface area (Å²) in [7, 11) is 0. The van der Waals surface area contributed by atoms with E-state index >= 15 is 0 Å². The van der Waals surface area contributed by atoms with E-state index in [4.69, 9.17) is 0 Å². The highest BCUT2D eigenvalue weighted by Gasteiger charge is 2.09. The highest BCUT2D eigenvalue weighted by molar-refractivity contribution is 7.15. The van der Waals surface area contributed by atoms with Crippen LogP contribution in [0.3, 0.4) is 0 Å². The van der Waals surface area contributed by atoms with Crippen molar-refractivity contribution >= 4 is 22.4 Å². The summed E-state index contributed by atoms with van der Waals surface area (Å²) in [6, 6.07) is 6.75. The molecular weight excluding hydrogens is 238 g/mol. The van der Waals surface area contributed by atoms with Crippen LogP contribution in [0.5, 0.6) is 5.75 Å². The fraction of sp³-hybridized carbons (Fsp3) is 0.182. The number of nitrogens with one attached hydrogen (secondary N) is 1. The maximum atomic E-state index is 11.7. The molecule has 2 N–H and O–H groups in total. The number of phenols is 1. The largest absolute Gasteiger partial charge is 0.508 e. The first-order chi connectivity index (χ1) is 8.15. The number of para-hydroxylation sites is 1. The van der Waals surface area contributed by atoms with Crippen LogP contribution in [0.15, 0.2) is 24.3 Å². The van der Waals surface area contributed by atoms with Gasteiger partial charge in [-0.15, -0.1) is 10.2 Å². The molecule has 1 aromatic heterocycles. The van der Waals surface area contributed by atoms with Crippen molar-refractivity contribution < 1.29 is 9.90 Å². The number of nitrogens with zero attached hydrogens (tertiary/aromatic N) is 2. The van der Waals surface area contributed by atoms with Crippen molar-refractivity contribution in [1.29, 1.82) is 0 Å². The molecule has 0 saturated heterocycles. The van der Waals surface area contributed by atoms with E-state index in [0.717, 1.165) is 5.01 Å². The molecule has 0 radical (unpaired) electrons. The van der Waals surface area contributed by atoms with Gasteiger partial charge in [0.25, 0.3) is 0 Å². The van der Waals surface area contributed by atoms with Crippen LogP contribution in [0.2, 0.25) is 0 Å². The summed E-state index contributed by atoms with van der Waals surface area (Å²) >= 11 is 1.31. The Morgan fingerprint density at radius 3 is 2.82 bits per heavy atom. The van der Waals surface area contributed by atoms with Crippen molar-refractivity contribution in [2.45, 2.75) is 13.3 Å². The molecule has 0 aliphatic rings. The second-order valence-corrected chi connectivity index (χ2v) is 4.66. The van der Waals surface area contributed by atoms with E-state index < -0.39 is 0 Å². The molecule has 17 heavy (non-hydrogen) atoms. The van der Waals surface area contributed by atoms with Gasteiger partial charge in [-0.2, -0.15) is 0 Å². The van der Waals surface area contributed by atoms with Crippen molar-refractivity contribution in [3.05, 3.63) is 34.8 Å². The van der Waals surface area contributed by atoms with Crippen molar-refractivity contribution in [2.75, 3.05) is 5.32 Å². The van der Waals surface area contributed by atoms with Crippen LogP contribution in [-0.4, -0.2) is 21.2 Å². The number of rotatable bonds is 3. The number of carbonyl (C=O) groups is 1. The Balaban J connectivity index is 2.01. The van der Waals surface area contributed by atoms with Crippen LogP contribution in [0, 0.1) is 6.92 Å². The highest BCUT2D eigenvalue weighted by Crippen LogP contribution is 2.18. The lowest BCUT2D eigenvalue weighted by molar-refractivity contribution is -0.115. The number of hydrogen-bond donors (Lipinski definition) is 2. The zero-order chi connectivity index (χ0) is 12.3. The lowest BCUT2D eigenvalue weighted by Gasteiger charge is -2.03. The molecule has 0 atom stereocenters. The third kappa shape index (κ3) is 3.01. The summed E-state index contributed by atoms with van der Waals surface area (Å²) in [5, 5.41) is 21.0. The summed E-state index contributed by atoms with van der Waals surface area (Å²) in [5.74, 6) is -0.0984. The number of hydrogen-bond acceptors (Lipinski definition) is 5. The predicted molar refractivity (Wildman–Crippen MR) is 65.1 cm³/mol. The van der Waals surface area contributed by atoms with E-state index in [2.05, 4.69) is 15.5 Å². The summed E-state index contributed by atoms with van der Waals surface area (Å²) in [5.41, 5.74) is 0.589. The van der Waals surface area contributed by atoms with Crippen LogP contribution in [0.1, 0.15) is 10.6 Å². The fourth-order valence-corrected chi connectivity index (χ4v) is 1.95. The molecule has 6 heteroatoms. The van der Waals surface area contributed by atoms with E-state index in [-0.39, 0.29) is 18.1 Å². The van der Waals surface area contributed by atoms with Crippen LogP contribution >= 0.6 is 11.3 Å². The lowest BCUT2D eigenvalue weighted by atomic mass is 10.1. The van der Waals surface area contributed by atoms with Crippen molar-refractivity contribution in [1.82, 2.24) is 10.2 Å². The molecule has 0 unspecified atom stereocenters. The van der Waals surface area contributed by atoms with E-state index in [1.54, 1.807) is 24.3 Å². The van der Waals surface area contributed by atoms with Gasteiger partial charge in [0, 0.05) is 5.56 Å². The van der Waals surface area contributed by atoms with Crippen molar-refractivity contribution in [3.8, 4) is 5.75 Å². The van der Waals surface area contributed by atoms with Gasteiger partial charge in [0.1, 0.15) is 10.8 Å². The average molecular weight is 249 g/mol. The Morgan fingerprint density at radius 1 is 1.41 bits per heavy atom. The van der Waals surface area contributed by atoms with Crippen molar-refractivity contribution in [2.24, 2.45) is 0 Å². The molecule has 1 heterocycles. The standard InChI is InChI=1S/C11H11N3O2S/c1-7-13-14-11(17-7)12-10(16)6-8-4-2-3-5-9(8)15/h2-5,15H,6H2,1H3,(H,12,14,16). The predicted octanol–water partition coefficient (Wildman–Crippen LogP) is 1.73. The molecule has 2 aromatic rings. The van der Waals surface area contributed by atoms with Gasteiger partial charge in [0.15, 0.2) is 0 Å². The number of anilines is 1. The number of benzene rings is 1. The molecule has 0 bridgehead atoms. The fourth-order valence-electron chi connectivity index (χ4n) is 1.34. The second-order valence-electron chi connectivity index (χ2n) is 3.48. The normalized spacial score (nSPS) is 10.2. The van der Waals surface area contributed by atoms with Gasteiger partial charge in [-0.1, -0.05) is 29.5 Å². The van der Waals surface area contributed by atoms with E-state index in [1.165, 1.54) is 11.3 Å². The third-order valence-corrected chi connectivity index (χ3v) is 2.87. The molecule has 0 spiro atoms. The minimum Gasteiger partial charge on any atom is -0.508 e. The van der Waals surface area contributed by atoms with Gasteiger partial charge in [0.2, 0.25) is 11.0 Å². The molecule has 0 aliphatic carbocycles. The van der Waals surface area contributed by atoms with Gasteiger partial charge < -0.3 is 10.4 Å². The summed E-state index contributed by atoms with van der Waals surface area (Å²) in [6.45, 7) is 1.82. The molecule has 0 fully saturated rings. The van der Waals surface area contributed by atoms with E-state index in [9.17, 15) is 9.90 Å². The Bertz CT molecular complexity index is 539. The first-order valence-electron chi connectivity index (χ1n) is 5.02. The van der Waals surface area contributed by atoms with Gasteiger partial charge >= 0.3 is 0 Å². The maximum absolute atomic E-state index is 11.7. The van der Waals surface area contributed by atoms with Crippen LogP contribution in [0.25, 0.3) is 0 Å². The molecule has 1 amide bonds. The third-order valence-electron chi connectivity index (χ3n) is 2.12. The zero-order valence-corrected chi connectivity index (χ0v) is 9.99. The number of aryl methyl sites for hydroxylation is 1. The Hall–Kier alpha value is -1.95. The summed E-state index contributed by atoms with van der Waals surface area (Å²) < 4.78 is 0. The Kier molecular flexibility index (Phi) is 3.34. The van der Waals surface area contributed by atoms with Gasteiger partial charge in [-0.3, -0.25) is 4.79 Å². The minimum atomic E-state index is -0.220. The van der Waals surface area contributed by atoms with Crippen LogP contribution in [0.4, 0.5) is 5.13 Å². The topological polar surface area (TPSA) is 75.1 Å². The van der Waals surface area contributed by atoms with Gasteiger partial charge in [-0.25, -0.2) is 0 Å². The lowest BCUT2D eigenvalue weighted by Crippen LogP contribution is -2.14. The zero-order valence-electron chi connectivity index (χ0n) is 9.17. The SMILES string of the molecule is Cc1nnc(NC(=O)Cc2ccccc2O)s1. The van der Waals surface area contributed by atoms with Crippen LogP contribution < -0.4 is 5.32 Å². The molecule has 0 aliphatic heterocycles. The highest BCUT2D eigenvalue weighted by atomic mass is 32.1. The minimum absolute atomic E-state index is 0.116. The second kappa shape index (κ2) is 4.92. The monoisotopic (exact) mass is 249 g/mol. The maximum Gasteiger partial charge on any atom is 0.230 e. The molecule has 88 valence electrons. The van der Waals surface area contributed by atoms with E-state index in [0.29, 0.717) is 10.7 Å². The number of carbonyl (C=O) groups excluding carboxylic acids is 1. The summed E-state index contributed by atoms with van der Waals surface area (Å²) in [6.07, 6.45) is 0.116. The first-order valence-corrected chi connectivity index (χ1v) is 5.83. The number of amides is 1. The number of phenolic OH excluding ortho intramolecular Hbond substituents is 1. The van der Waals surface area contributed by atoms with Crippen LogP contribution in [-0.2, 0) is 11.2 Å². The molecule has 5 nitrogen and oxygen atoms in total. The summed E-state index contributed by atoms with van der Waals surface area (Å²) in [4.78, 5) is 11.7. The Morgan fingerprint density at radius 2 is 2.18 bits per heavy atom. The van der Waals surface area contributed by atoms with Gasteiger partial charge in [0.05, 0.1) is 6.42 Å². The number of aromatic hydroxyl groups is 1. The molecule has 1 aromatic carbocycles. The molecule has 0 saturated carbocycles. The smallest absolute Gasteiger partial charge is 0.230 e. The first kappa shape index (κ1) is 11.5. The number of aromatic nitrogens is 2. The average Bonchev–Trinajstić information content (AvgIpc) is 2.67. The quantitative estimate of drug-likeness (QED) is 0.868. The Labute approximate surface area is 102 Å². The van der Waals surface area contributed by atoms with E-state index in [1.807, 2.05) is 6.92 Å². The van der Waals surface area contributed by atoms with Crippen molar-refractivity contribution in [3.63, 3.8) is 0 Å². The molecule has 2 rings (SSSR count). The molecular formula is C11H11N3O2S.